The Kier molecular flexibility index (Phi) is 7.34. The van der Waals surface area contributed by atoms with Crippen molar-refractivity contribution < 1.29 is 19.1 Å². The molecule has 0 aliphatic carbocycles. The van der Waals surface area contributed by atoms with Crippen LogP contribution in [0.5, 0.6) is 0 Å². The van der Waals surface area contributed by atoms with Gasteiger partial charge in [0.2, 0.25) is 0 Å². The number of nitrogens with one attached hydrogen (secondary N) is 1. The van der Waals surface area contributed by atoms with E-state index in [1.54, 1.807) is 11.8 Å². The zero-order valence-corrected chi connectivity index (χ0v) is 18.2. The first kappa shape index (κ1) is 22.1. The molecule has 30 heavy (non-hydrogen) atoms. The maximum absolute atomic E-state index is 12.8. The summed E-state index contributed by atoms with van der Waals surface area (Å²) in [5.41, 5.74) is 0.748. The molecule has 3 atom stereocenters. The molecule has 0 saturated carbocycles. The van der Waals surface area contributed by atoms with E-state index in [1.165, 1.54) is 0 Å². The Bertz CT molecular complexity index is 736. The molecule has 2 heterocycles. The van der Waals surface area contributed by atoms with Gasteiger partial charge in [0, 0.05) is 30.9 Å². The summed E-state index contributed by atoms with van der Waals surface area (Å²) >= 11 is 0. The maximum Gasteiger partial charge on any atom is 0.321 e. The normalized spacial score (nSPS) is 23.6. The van der Waals surface area contributed by atoms with Crippen molar-refractivity contribution in [1.82, 2.24) is 9.80 Å². The van der Waals surface area contributed by atoms with E-state index in [1.807, 2.05) is 35.2 Å². The summed E-state index contributed by atoms with van der Waals surface area (Å²) in [6, 6.07) is 9.49. The Morgan fingerprint density at radius 1 is 1.00 bits per heavy atom. The molecular weight excluding hydrogens is 382 g/mol. The first-order valence-corrected chi connectivity index (χ1v) is 11.0. The maximum atomic E-state index is 12.8. The van der Waals surface area contributed by atoms with Gasteiger partial charge >= 0.3 is 12.0 Å². The predicted molar refractivity (Wildman–Crippen MR) is 115 cm³/mol. The summed E-state index contributed by atoms with van der Waals surface area (Å²) < 4.78 is 5.54. The van der Waals surface area contributed by atoms with Crippen LogP contribution in [0.15, 0.2) is 30.3 Å². The highest BCUT2D eigenvalue weighted by Crippen LogP contribution is 2.25. The van der Waals surface area contributed by atoms with Crippen LogP contribution < -0.4 is 5.32 Å². The number of hydrogen-bond donors (Lipinski definition) is 1. The number of ether oxygens (including phenoxy) is 1. The second-order valence-electron chi connectivity index (χ2n) is 8.51. The number of nitrogens with zero attached hydrogens (tertiary/aromatic N) is 2. The highest BCUT2D eigenvalue weighted by atomic mass is 16.5. The third kappa shape index (κ3) is 5.32. The summed E-state index contributed by atoms with van der Waals surface area (Å²) in [7, 11) is 0. The van der Waals surface area contributed by atoms with Crippen LogP contribution in [0.1, 0.15) is 52.9 Å². The zero-order chi connectivity index (χ0) is 21.7. The summed E-state index contributed by atoms with van der Waals surface area (Å²) in [6.45, 7) is 6.75. The molecular formula is C23H33N3O4. The van der Waals surface area contributed by atoms with E-state index in [0.29, 0.717) is 25.9 Å². The van der Waals surface area contributed by atoms with Crippen LogP contribution in [-0.4, -0.2) is 59.0 Å². The van der Waals surface area contributed by atoms with E-state index in [9.17, 15) is 14.4 Å². The zero-order valence-electron chi connectivity index (χ0n) is 18.2. The Labute approximate surface area is 178 Å². The van der Waals surface area contributed by atoms with E-state index >= 15 is 0 Å². The molecule has 2 fully saturated rings. The van der Waals surface area contributed by atoms with Gasteiger partial charge in [-0.25, -0.2) is 4.79 Å². The Balaban J connectivity index is 1.46. The Morgan fingerprint density at radius 2 is 1.60 bits per heavy atom. The number of amides is 3. The number of carbonyl (C=O) groups excluding carboxylic acids is 3. The number of likely N-dealkylation sites (tertiary alicyclic amines) is 2. The molecule has 1 N–H and O–H groups in total. The lowest BCUT2D eigenvalue weighted by atomic mass is 9.96. The number of hydrogen-bond acceptors (Lipinski definition) is 4. The van der Waals surface area contributed by atoms with Crippen molar-refractivity contribution in [3.8, 4) is 0 Å². The van der Waals surface area contributed by atoms with Crippen LogP contribution in [0.25, 0.3) is 0 Å². The van der Waals surface area contributed by atoms with Gasteiger partial charge in [-0.3, -0.25) is 9.59 Å². The average molecular weight is 416 g/mol. The van der Waals surface area contributed by atoms with Gasteiger partial charge in [-0.05, 0) is 65.0 Å². The highest BCUT2D eigenvalue weighted by Gasteiger charge is 2.35. The number of urea groups is 1. The quantitative estimate of drug-likeness (QED) is 0.762. The minimum absolute atomic E-state index is 0.109. The average Bonchev–Trinajstić information content (AvgIpc) is 2.74. The van der Waals surface area contributed by atoms with E-state index in [-0.39, 0.29) is 35.9 Å². The Morgan fingerprint density at radius 3 is 2.20 bits per heavy atom. The second kappa shape index (κ2) is 9.96. The lowest BCUT2D eigenvalue weighted by Crippen LogP contribution is -2.52. The molecule has 7 heteroatoms. The van der Waals surface area contributed by atoms with Crippen molar-refractivity contribution in [2.24, 2.45) is 5.92 Å². The molecule has 0 spiro atoms. The van der Waals surface area contributed by atoms with Crippen LogP contribution in [0, 0.1) is 5.92 Å². The fourth-order valence-corrected chi connectivity index (χ4v) is 4.43. The van der Waals surface area contributed by atoms with Gasteiger partial charge in [-0.15, -0.1) is 0 Å². The van der Waals surface area contributed by atoms with Crippen LogP contribution in [0.3, 0.4) is 0 Å². The third-order valence-electron chi connectivity index (χ3n) is 6.23. The highest BCUT2D eigenvalue weighted by molar-refractivity contribution is 5.89. The molecule has 0 unspecified atom stereocenters. The SMILES string of the molecule is C[C@@H](OC(=O)C1CCN(C(=O)Nc2ccccc2)CC1)C(=O)N1[C@@H](C)CCC[C@@H]1C. The molecule has 3 amide bonds. The number of piperidine rings is 2. The summed E-state index contributed by atoms with van der Waals surface area (Å²) in [5.74, 6) is -0.726. The van der Waals surface area contributed by atoms with E-state index < -0.39 is 6.10 Å². The lowest BCUT2D eigenvalue weighted by molar-refractivity contribution is -0.166. The monoisotopic (exact) mass is 415 g/mol. The van der Waals surface area contributed by atoms with Gasteiger partial charge < -0.3 is 19.9 Å². The van der Waals surface area contributed by atoms with Crippen molar-refractivity contribution >= 4 is 23.6 Å². The van der Waals surface area contributed by atoms with Crippen molar-refractivity contribution in [3.05, 3.63) is 30.3 Å². The third-order valence-corrected chi connectivity index (χ3v) is 6.23. The summed E-state index contributed by atoms with van der Waals surface area (Å²) in [5, 5.41) is 2.87. The van der Waals surface area contributed by atoms with E-state index in [4.69, 9.17) is 4.74 Å². The van der Waals surface area contributed by atoms with Crippen molar-refractivity contribution in [2.75, 3.05) is 18.4 Å². The first-order valence-electron chi connectivity index (χ1n) is 11.0. The van der Waals surface area contributed by atoms with Crippen molar-refractivity contribution in [3.63, 3.8) is 0 Å². The number of para-hydroxylation sites is 1. The number of anilines is 1. The summed E-state index contributed by atoms with van der Waals surface area (Å²) in [4.78, 5) is 41.4. The molecule has 2 aliphatic rings. The predicted octanol–water partition coefficient (Wildman–Crippen LogP) is 3.65. The topological polar surface area (TPSA) is 79.0 Å². The van der Waals surface area contributed by atoms with Gasteiger partial charge in [-0.2, -0.15) is 0 Å². The van der Waals surface area contributed by atoms with Gasteiger partial charge in [-0.1, -0.05) is 18.2 Å². The van der Waals surface area contributed by atoms with E-state index in [0.717, 1.165) is 24.9 Å². The van der Waals surface area contributed by atoms with Crippen molar-refractivity contribution in [2.45, 2.75) is 71.1 Å². The van der Waals surface area contributed by atoms with Crippen molar-refractivity contribution in [1.29, 1.82) is 0 Å². The van der Waals surface area contributed by atoms with Crippen LogP contribution in [0.2, 0.25) is 0 Å². The molecule has 0 radical (unpaired) electrons. The number of esters is 1. The smallest absolute Gasteiger partial charge is 0.321 e. The number of carbonyl (C=O) groups is 3. The molecule has 164 valence electrons. The van der Waals surface area contributed by atoms with Crippen LogP contribution in [-0.2, 0) is 14.3 Å². The van der Waals surface area contributed by atoms with Gasteiger partial charge in [0.1, 0.15) is 0 Å². The standard InChI is InChI=1S/C23H33N3O4/c1-16-8-7-9-17(2)26(16)21(27)18(3)30-22(28)19-12-14-25(15-13-19)23(29)24-20-10-5-4-6-11-20/h4-6,10-11,16-19H,7-9,12-15H2,1-3H3,(H,24,29)/t16-,17-,18+/m0/s1. The van der Waals surface area contributed by atoms with Gasteiger partial charge in [0.25, 0.3) is 5.91 Å². The van der Waals surface area contributed by atoms with Gasteiger partial charge in [0.05, 0.1) is 5.92 Å². The van der Waals surface area contributed by atoms with Crippen LogP contribution >= 0.6 is 0 Å². The largest absolute Gasteiger partial charge is 0.452 e. The van der Waals surface area contributed by atoms with Gasteiger partial charge in [0.15, 0.2) is 6.10 Å². The minimum Gasteiger partial charge on any atom is -0.452 e. The number of benzene rings is 1. The lowest BCUT2D eigenvalue weighted by Gasteiger charge is -2.40. The molecule has 3 rings (SSSR count). The summed E-state index contributed by atoms with van der Waals surface area (Å²) in [6.07, 6.45) is 3.40. The molecule has 2 aliphatic heterocycles. The van der Waals surface area contributed by atoms with Crippen LogP contribution in [0.4, 0.5) is 10.5 Å². The molecule has 0 bridgehead atoms. The minimum atomic E-state index is -0.778. The molecule has 7 nitrogen and oxygen atoms in total. The van der Waals surface area contributed by atoms with E-state index in [2.05, 4.69) is 19.2 Å². The fraction of sp³-hybridized carbons (Fsp3) is 0.609. The molecule has 1 aromatic carbocycles. The second-order valence-corrected chi connectivity index (χ2v) is 8.51. The first-order chi connectivity index (χ1) is 14.4. The Hall–Kier alpha value is -2.57. The fourth-order valence-electron chi connectivity index (χ4n) is 4.43. The molecule has 2 saturated heterocycles. The molecule has 0 aromatic heterocycles. The number of rotatable bonds is 4. The molecule has 1 aromatic rings.